The molecule has 0 saturated carbocycles. The summed E-state index contributed by atoms with van der Waals surface area (Å²) in [6.07, 6.45) is 1.85. The molecule has 2 N–H and O–H groups in total. The van der Waals surface area contributed by atoms with Crippen LogP contribution in [-0.4, -0.2) is 29.9 Å². The Bertz CT molecular complexity index is 830. The lowest BCUT2D eigenvalue weighted by Crippen LogP contribution is -2.45. The molecule has 1 fully saturated rings. The van der Waals surface area contributed by atoms with E-state index in [2.05, 4.69) is 15.9 Å². The molecule has 1 aromatic heterocycles. The van der Waals surface area contributed by atoms with E-state index in [1.165, 1.54) is 23.5 Å². The van der Waals surface area contributed by atoms with Gasteiger partial charge in [-0.05, 0) is 52.5 Å². The zero-order chi connectivity index (χ0) is 17.3. The van der Waals surface area contributed by atoms with Gasteiger partial charge in [0.25, 0.3) is 5.91 Å². The van der Waals surface area contributed by atoms with Crippen LogP contribution in [-0.2, 0) is 0 Å². The van der Waals surface area contributed by atoms with Crippen molar-refractivity contribution in [2.24, 2.45) is 5.73 Å². The second-order valence-corrected chi connectivity index (χ2v) is 8.13. The van der Waals surface area contributed by atoms with Gasteiger partial charge in [0.05, 0.1) is 14.2 Å². The van der Waals surface area contributed by atoms with Crippen molar-refractivity contribution >= 4 is 33.2 Å². The zero-order valence-electron chi connectivity index (χ0n) is 12.8. The number of carbonyl (C=O) groups is 1. The van der Waals surface area contributed by atoms with Gasteiger partial charge in [0.2, 0.25) is 0 Å². The Balaban J connectivity index is 1.89. The highest BCUT2D eigenvalue weighted by Crippen LogP contribution is 2.37. The van der Waals surface area contributed by atoms with Gasteiger partial charge >= 0.3 is 0 Å². The maximum Gasteiger partial charge on any atom is 0.264 e. The van der Waals surface area contributed by atoms with Gasteiger partial charge in [-0.2, -0.15) is 5.26 Å². The van der Waals surface area contributed by atoms with Crippen molar-refractivity contribution in [3.05, 3.63) is 44.3 Å². The van der Waals surface area contributed by atoms with E-state index >= 15 is 0 Å². The minimum atomic E-state index is -0.567. The third-order valence-corrected chi connectivity index (χ3v) is 5.87. The standard InChI is InChI=1S/C17H15BrFN3OS/c18-16-13(10-3-4-11(8-20)14(19)6-10)7-15(24-16)17(23)22-5-1-2-12(21)9-22/h3-4,6-7,12H,1-2,5,9,21H2/t12-/m1/s1. The van der Waals surface area contributed by atoms with E-state index in [1.807, 2.05) is 0 Å². The topological polar surface area (TPSA) is 70.1 Å². The summed E-state index contributed by atoms with van der Waals surface area (Å²) < 4.78 is 14.6. The Morgan fingerprint density at radius 1 is 1.46 bits per heavy atom. The number of carbonyl (C=O) groups excluding carboxylic acids is 1. The maximum absolute atomic E-state index is 13.8. The quantitative estimate of drug-likeness (QED) is 0.823. The summed E-state index contributed by atoms with van der Waals surface area (Å²) in [7, 11) is 0. The summed E-state index contributed by atoms with van der Waals surface area (Å²) >= 11 is 4.78. The number of nitrogens with zero attached hydrogens (tertiary/aromatic N) is 2. The molecular formula is C17H15BrFN3OS. The molecule has 0 bridgehead atoms. The van der Waals surface area contributed by atoms with E-state index < -0.39 is 5.82 Å². The highest BCUT2D eigenvalue weighted by Gasteiger charge is 2.24. The molecule has 0 aliphatic carbocycles. The summed E-state index contributed by atoms with van der Waals surface area (Å²) in [5.74, 6) is -0.612. The van der Waals surface area contributed by atoms with Crippen LogP contribution < -0.4 is 5.73 Å². The van der Waals surface area contributed by atoms with Gasteiger partial charge in [-0.1, -0.05) is 6.07 Å². The lowest BCUT2D eigenvalue weighted by Gasteiger charge is -2.30. The first kappa shape index (κ1) is 17.1. The molecule has 1 saturated heterocycles. The number of hydrogen-bond donors (Lipinski definition) is 1. The number of rotatable bonds is 2. The lowest BCUT2D eigenvalue weighted by molar-refractivity contribution is 0.0714. The van der Waals surface area contributed by atoms with Gasteiger partial charge in [-0.15, -0.1) is 11.3 Å². The van der Waals surface area contributed by atoms with Crippen LogP contribution in [0, 0.1) is 17.1 Å². The first-order valence-corrected chi connectivity index (χ1v) is 9.14. The Hall–Kier alpha value is -1.75. The first-order chi connectivity index (χ1) is 11.5. The second-order valence-electron chi connectivity index (χ2n) is 5.76. The van der Waals surface area contributed by atoms with Gasteiger partial charge in [-0.3, -0.25) is 4.79 Å². The molecule has 4 nitrogen and oxygen atoms in total. The zero-order valence-corrected chi connectivity index (χ0v) is 15.2. The van der Waals surface area contributed by atoms with E-state index in [1.54, 1.807) is 23.1 Å². The van der Waals surface area contributed by atoms with Crippen LogP contribution in [0.4, 0.5) is 4.39 Å². The van der Waals surface area contributed by atoms with E-state index in [4.69, 9.17) is 11.0 Å². The van der Waals surface area contributed by atoms with Crippen molar-refractivity contribution < 1.29 is 9.18 Å². The molecule has 7 heteroatoms. The Kier molecular flexibility index (Phi) is 4.99. The first-order valence-electron chi connectivity index (χ1n) is 7.54. The average Bonchev–Trinajstić information content (AvgIpc) is 2.96. The number of halogens is 2. The number of likely N-dealkylation sites (tertiary alicyclic amines) is 1. The fourth-order valence-corrected chi connectivity index (χ4v) is 4.53. The molecule has 1 aromatic carbocycles. The van der Waals surface area contributed by atoms with Crippen molar-refractivity contribution in [1.82, 2.24) is 4.90 Å². The molecular weight excluding hydrogens is 393 g/mol. The van der Waals surface area contributed by atoms with Gasteiger partial charge in [0, 0.05) is 24.7 Å². The SMILES string of the molecule is N#Cc1ccc(-c2cc(C(=O)N3CCC[C@@H](N)C3)sc2Br)cc1F. The number of thiophene rings is 1. The summed E-state index contributed by atoms with van der Waals surface area (Å²) in [6, 6.07) is 8.03. The number of benzene rings is 1. The van der Waals surface area contributed by atoms with Crippen molar-refractivity contribution in [2.45, 2.75) is 18.9 Å². The average molecular weight is 408 g/mol. The van der Waals surface area contributed by atoms with Crippen molar-refractivity contribution in [1.29, 1.82) is 5.26 Å². The molecule has 1 atom stereocenters. The number of nitrogens with two attached hydrogens (primary N) is 1. The predicted octanol–water partition coefficient (Wildman–Crippen LogP) is 3.75. The molecule has 2 aromatic rings. The van der Waals surface area contributed by atoms with E-state index in [-0.39, 0.29) is 17.5 Å². The molecule has 1 aliphatic rings. The molecule has 1 amide bonds. The minimum absolute atomic E-state index is 0.00343. The van der Waals surface area contributed by atoms with Gasteiger partial charge < -0.3 is 10.6 Å². The summed E-state index contributed by atoms with van der Waals surface area (Å²) in [4.78, 5) is 15.0. The molecule has 1 aliphatic heterocycles. The van der Waals surface area contributed by atoms with Crippen LogP contribution in [0.25, 0.3) is 11.1 Å². The summed E-state index contributed by atoms with van der Waals surface area (Å²) in [6.45, 7) is 1.28. The van der Waals surface area contributed by atoms with Crippen LogP contribution in [0.1, 0.15) is 28.1 Å². The fourth-order valence-electron chi connectivity index (χ4n) is 2.79. The highest BCUT2D eigenvalue weighted by atomic mass is 79.9. The fraction of sp³-hybridized carbons (Fsp3) is 0.294. The van der Waals surface area contributed by atoms with Crippen LogP contribution in [0.3, 0.4) is 0 Å². The molecule has 0 radical (unpaired) electrons. The Morgan fingerprint density at radius 2 is 2.25 bits per heavy atom. The van der Waals surface area contributed by atoms with Gasteiger partial charge in [-0.25, -0.2) is 4.39 Å². The van der Waals surface area contributed by atoms with Crippen molar-refractivity contribution in [3.63, 3.8) is 0 Å². The molecule has 0 unspecified atom stereocenters. The third kappa shape index (κ3) is 3.36. The monoisotopic (exact) mass is 407 g/mol. The Morgan fingerprint density at radius 3 is 2.92 bits per heavy atom. The number of piperidine rings is 1. The number of nitriles is 1. The third-order valence-electron chi connectivity index (χ3n) is 4.04. The maximum atomic E-state index is 13.8. The predicted molar refractivity (Wildman–Crippen MR) is 95.2 cm³/mol. The van der Waals surface area contributed by atoms with Gasteiger partial charge in [0.1, 0.15) is 11.9 Å². The molecule has 2 heterocycles. The van der Waals surface area contributed by atoms with E-state index in [9.17, 15) is 9.18 Å². The van der Waals surface area contributed by atoms with Gasteiger partial charge in [0.15, 0.2) is 0 Å². The molecule has 0 spiro atoms. The number of amides is 1. The molecule has 124 valence electrons. The Labute approximate surface area is 151 Å². The normalized spacial score (nSPS) is 17.6. The van der Waals surface area contributed by atoms with Crippen molar-refractivity contribution in [3.8, 4) is 17.2 Å². The minimum Gasteiger partial charge on any atom is -0.336 e. The van der Waals surface area contributed by atoms with Crippen LogP contribution in [0.5, 0.6) is 0 Å². The molecule has 3 rings (SSSR count). The van der Waals surface area contributed by atoms with E-state index in [0.717, 1.165) is 22.2 Å². The summed E-state index contributed by atoms with van der Waals surface area (Å²) in [5, 5.41) is 8.82. The lowest BCUT2D eigenvalue weighted by atomic mass is 10.1. The highest BCUT2D eigenvalue weighted by molar-refractivity contribution is 9.11. The van der Waals surface area contributed by atoms with Crippen LogP contribution >= 0.6 is 27.3 Å². The van der Waals surface area contributed by atoms with Crippen LogP contribution in [0.2, 0.25) is 0 Å². The largest absolute Gasteiger partial charge is 0.336 e. The smallest absolute Gasteiger partial charge is 0.264 e. The number of hydrogen-bond acceptors (Lipinski definition) is 4. The van der Waals surface area contributed by atoms with Crippen molar-refractivity contribution in [2.75, 3.05) is 13.1 Å². The van der Waals surface area contributed by atoms with Crippen LogP contribution in [0.15, 0.2) is 28.1 Å². The summed E-state index contributed by atoms with van der Waals surface area (Å²) in [5.41, 5.74) is 7.32. The second kappa shape index (κ2) is 7.01. The van der Waals surface area contributed by atoms with E-state index in [0.29, 0.717) is 23.5 Å². The molecule has 24 heavy (non-hydrogen) atoms.